The molecule has 0 saturated heterocycles. The Morgan fingerprint density at radius 2 is 2.00 bits per heavy atom. The van der Waals surface area contributed by atoms with Crippen molar-refractivity contribution in [3.63, 3.8) is 0 Å². The van der Waals surface area contributed by atoms with Gasteiger partial charge in [0.15, 0.2) is 0 Å². The standard InChI is InChI=1S/C30H47NO5/c1-7-25(19-29(34)31-20-32)14-12-15-27(33)23(4)18-22(3)26-17-21(2)13-10-8-9-11-16-28(36-6)30(35)24(26)5/h10-11,13,16,18,20,23-26,28,30,35H,2,7-9,12,14-15,17,19H2,1,3-6H3,(H,31,32,34)/b13-10+,16-11+,22-18+. The second-order valence-electron chi connectivity index (χ2n) is 10.1. The third kappa shape index (κ3) is 11.2. The van der Waals surface area contributed by atoms with Gasteiger partial charge < -0.3 is 9.84 Å². The van der Waals surface area contributed by atoms with E-state index in [9.17, 15) is 19.5 Å². The smallest absolute Gasteiger partial charge is 0.226 e. The molecule has 0 radical (unpaired) electrons. The SMILES string of the molecule is C=C1/C=C/CC/C=C/C(OC)C(O)C(C)C(/C(C)=C/C(C)C(=O)CCCC(CC)CC(=O)NC=O)C1. The number of imide groups is 1. The molecule has 2 amide bonds. The minimum Gasteiger partial charge on any atom is -0.390 e. The first kappa shape index (κ1) is 31.7. The van der Waals surface area contributed by atoms with E-state index in [-0.39, 0.29) is 41.5 Å². The number of methoxy groups -OCH3 is 1. The van der Waals surface area contributed by atoms with E-state index in [0.717, 1.165) is 36.8 Å². The van der Waals surface area contributed by atoms with Gasteiger partial charge in [0.2, 0.25) is 12.3 Å². The molecular weight excluding hydrogens is 454 g/mol. The predicted octanol–water partition coefficient (Wildman–Crippen LogP) is 5.48. The van der Waals surface area contributed by atoms with Crippen molar-refractivity contribution in [1.82, 2.24) is 5.32 Å². The van der Waals surface area contributed by atoms with Crippen LogP contribution in [-0.4, -0.2) is 42.5 Å². The molecule has 1 aliphatic carbocycles. The van der Waals surface area contributed by atoms with E-state index < -0.39 is 6.10 Å². The Balaban J connectivity index is 2.88. The lowest BCUT2D eigenvalue weighted by Gasteiger charge is -2.32. The number of aliphatic hydroxyl groups excluding tert-OH is 1. The second kappa shape index (κ2) is 17.2. The summed E-state index contributed by atoms with van der Waals surface area (Å²) in [5.41, 5.74) is 2.08. The molecule has 0 spiro atoms. The zero-order valence-electron chi connectivity index (χ0n) is 22.9. The molecule has 1 rings (SSSR count). The number of allylic oxidation sites excluding steroid dienone is 6. The molecule has 0 bridgehead atoms. The largest absolute Gasteiger partial charge is 0.390 e. The van der Waals surface area contributed by atoms with Crippen molar-refractivity contribution in [2.24, 2.45) is 23.7 Å². The molecule has 36 heavy (non-hydrogen) atoms. The summed E-state index contributed by atoms with van der Waals surface area (Å²) in [5.74, 6) is -0.253. The van der Waals surface area contributed by atoms with Gasteiger partial charge in [-0.15, -0.1) is 0 Å². The summed E-state index contributed by atoms with van der Waals surface area (Å²) in [7, 11) is 1.62. The summed E-state index contributed by atoms with van der Waals surface area (Å²) in [6, 6.07) is 0. The number of ketones is 1. The van der Waals surface area contributed by atoms with Crippen molar-refractivity contribution in [2.75, 3.05) is 7.11 Å². The summed E-state index contributed by atoms with van der Waals surface area (Å²) >= 11 is 0. The van der Waals surface area contributed by atoms with Crippen LogP contribution in [0, 0.1) is 23.7 Å². The van der Waals surface area contributed by atoms with Gasteiger partial charge in [0.1, 0.15) is 11.9 Å². The number of ether oxygens (including phenoxy) is 1. The van der Waals surface area contributed by atoms with Crippen molar-refractivity contribution in [3.05, 3.63) is 48.1 Å². The van der Waals surface area contributed by atoms with Gasteiger partial charge in [0, 0.05) is 25.9 Å². The third-order valence-corrected chi connectivity index (χ3v) is 7.36. The van der Waals surface area contributed by atoms with Crippen molar-refractivity contribution in [1.29, 1.82) is 0 Å². The molecule has 6 nitrogen and oxygen atoms in total. The molecular formula is C30H47NO5. The van der Waals surface area contributed by atoms with Crippen molar-refractivity contribution in [2.45, 2.75) is 91.3 Å². The Morgan fingerprint density at radius 3 is 2.64 bits per heavy atom. The fraction of sp³-hybridized carbons (Fsp3) is 0.633. The number of hydrogen-bond donors (Lipinski definition) is 2. The fourth-order valence-electron chi connectivity index (χ4n) is 4.89. The Bertz CT molecular complexity index is 812. The molecule has 0 heterocycles. The zero-order valence-corrected chi connectivity index (χ0v) is 22.9. The predicted molar refractivity (Wildman–Crippen MR) is 145 cm³/mol. The number of rotatable bonds is 12. The van der Waals surface area contributed by atoms with E-state index in [1.807, 2.05) is 39.8 Å². The number of Topliss-reactive ketones (excluding diaryl/α,β-unsaturated/α-hetero) is 1. The molecule has 6 atom stereocenters. The van der Waals surface area contributed by atoms with E-state index >= 15 is 0 Å². The van der Waals surface area contributed by atoms with Gasteiger partial charge in [0.05, 0.1) is 6.10 Å². The maximum atomic E-state index is 12.9. The molecule has 0 aromatic heterocycles. The summed E-state index contributed by atoms with van der Waals surface area (Å²) in [6.07, 6.45) is 15.1. The Hall–Kier alpha value is -2.31. The topological polar surface area (TPSA) is 92.7 Å². The number of nitrogens with one attached hydrogen (secondary N) is 1. The highest BCUT2D eigenvalue weighted by molar-refractivity contribution is 5.85. The summed E-state index contributed by atoms with van der Waals surface area (Å²) in [5, 5.41) is 13.3. The van der Waals surface area contributed by atoms with Gasteiger partial charge in [-0.25, -0.2) is 0 Å². The van der Waals surface area contributed by atoms with Gasteiger partial charge in [-0.05, 0) is 56.8 Å². The van der Waals surface area contributed by atoms with E-state index in [4.69, 9.17) is 4.74 Å². The third-order valence-electron chi connectivity index (χ3n) is 7.36. The Labute approximate surface area is 218 Å². The average Bonchev–Trinajstić information content (AvgIpc) is 2.84. The molecule has 0 aliphatic heterocycles. The molecule has 1 aliphatic rings. The maximum Gasteiger partial charge on any atom is 0.226 e. The van der Waals surface area contributed by atoms with Crippen LogP contribution in [-0.2, 0) is 19.1 Å². The van der Waals surface area contributed by atoms with E-state index in [1.54, 1.807) is 7.11 Å². The number of hydrogen-bond acceptors (Lipinski definition) is 5. The van der Waals surface area contributed by atoms with E-state index in [1.165, 1.54) is 0 Å². The molecule has 6 unspecified atom stereocenters. The van der Waals surface area contributed by atoms with Crippen LogP contribution < -0.4 is 5.32 Å². The van der Waals surface area contributed by atoms with Crippen LogP contribution in [0.25, 0.3) is 0 Å². The minimum absolute atomic E-state index is 0.0266. The minimum atomic E-state index is -0.677. The maximum absolute atomic E-state index is 12.9. The average molecular weight is 502 g/mol. The summed E-state index contributed by atoms with van der Waals surface area (Å²) < 4.78 is 5.57. The van der Waals surface area contributed by atoms with Crippen LogP contribution in [0.4, 0.5) is 0 Å². The molecule has 0 fully saturated rings. The van der Waals surface area contributed by atoms with Crippen LogP contribution >= 0.6 is 0 Å². The van der Waals surface area contributed by atoms with Gasteiger partial charge in [-0.3, -0.25) is 19.7 Å². The molecule has 202 valence electrons. The first-order valence-electron chi connectivity index (χ1n) is 13.3. The quantitative estimate of drug-likeness (QED) is 0.273. The summed E-state index contributed by atoms with van der Waals surface area (Å²) in [6.45, 7) is 12.2. The van der Waals surface area contributed by atoms with Crippen molar-refractivity contribution >= 4 is 18.1 Å². The monoisotopic (exact) mass is 501 g/mol. The number of amides is 2. The van der Waals surface area contributed by atoms with Crippen LogP contribution in [0.1, 0.15) is 79.1 Å². The lowest BCUT2D eigenvalue weighted by atomic mass is 9.77. The van der Waals surface area contributed by atoms with Gasteiger partial charge >= 0.3 is 0 Å². The lowest BCUT2D eigenvalue weighted by Crippen LogP contribution is -2.36. The molecule has 2 N–H and O–H groups in total. The van der Waals surface area contributed by atoms with E-state index in [0.29, 0.717) is 32.1 Å². The molecule has 0 aromatic carbocycles. The van der Waals surface area contributed by atoms with Crippen LogP contribution in [0.3, 0.4) is 0 Å². The highest BCUT2D eigenvalue weighted by Gasteiger charge is 2.31. The Morgan fingerprint density at radius 1 is 1.31 bits per heavy atom. The van der Waals surface area contributed by atoms with Crippen molar-refractivity contribution in [3.8, 4) is 0 Å². The van der Waals surface area contributed by atoms with Crippen molar-refractivity contribution < 1.29 is 24.2 Å². The van der Waals surface area contributed by atoms with Crippen LogP contribution in [0.2, 0.25) is 0 Å². The number of carbonyl (C=O) groups is 3. The van der Waals surface area contributed by atoms with Crippen LogP contribution in [0.5, 0.6) is 0 Å². The van der Waals surface area contributed by atoms with E-state index in [2.05, 4.69) is 30.1 Å². The zero-order chi connectivity index (χ0) is 27.1. The molecule has 0 saturated carbocycles. The number of carbonyl (C=O) groups excluding carboxylic acids is 3. The highest BCUT2D eigenvalue weighted by atomic mass is 16.5. The molecule has 0 aromatic rings. The van der Waals surface area contributed by atoms with Gasteiger partial charge in [-0.1, -0.05) is 75.3 Å². The highest BCUT2D eigenvalue weighted by Crippen LogP contribution is 2.33. The van der Waals surface area contributed by atoms with Gasteiger partial charge in [0.25, 0.3) is 0 Å². The van der Waals surface area contributed by atoms with Gasteiger partial charge in [-0.2, -0.15) is 0 Å². The fourth-order valence-corrected chi connectivity index (χ4v) is 4.89. The normalized spacial score (nSPS) is 27.2. The van der Waals surface area contributed by atoms with Crippen LogP contribution in [0.15, 0.2) is 48.1 Å². The molecule has 6 heteroatoms. The lowest BCUT2D eigenvalue weighted by molar-refractivity contribution is -0.126. The first-order chi connectivity index (χ1) is 17.1. The Kier molecular flexibility index (Phi) is 15.2. The second-order valence-corrected chi connectivity index (χ2v) is 10.1. The number of aliphatic hydroxyl groups is 1. The first-order valence-corrected chi connectivity index (χ1v) is 13.3. The summed E-state index contributed by atoms with van der Waals surface area (Å²) in [4.78, 5) is 35.0.